The Bertz CT molecular complexity index is 583. The Morgan fingerprint density at radius 3 is 2.61 bits per heavy atom. The van der Waals surface area contributed by atoms with Gasteiger partial charge in [-0.15, -0.1) is 0 Å². The summed E-state index contributed by atoms with van der Waals surface area (Å²) in [5, 5.41) is 5.13. The monoisotopic (exact) mass is 240 g/mol. The molecule has 2 aromatic rings. The lowest BCUT2D eigenvalue weighted by Crippen LogP contribution is -2.50. The zero-order valence-corrected chi connectivity index (χ0v) is 10.1. The topological polar surface area (TPSA) is 55.1 Å². The Labute approximate surface area is 106 Å². The van der Waals surface area contributed by atoms with Gasteiger partial charge < -0.3 is 11.1 Å². The number of amides is 1. The molecule has 0 saturated heterocycles. The van der Waals surface area contributed by atoms with Crippen LogP contribution in [-0.4, -0.2) is 18.0 Å². The highest BCUT2D eigenvalue weighted by Crippen LogP contribution is 2.21. The highest BCUT2D eigenvalue weighted by Gasteiger charge is 2.27. The van der Waals surface area contributed by atoms with Crippen molar-refractivity contribution in [3.05, 3.63) is 48.0 Å². The van der Waals surface area contributed by atoms with Crippen LogP contribution in [0.2, 0.25) is 0 Å². The maximum atomic E-state index is 12.2. The average molecular weight is 240 g/mol. The van der Waals surface area contributed by atoms with E-state index in [1.54, 1.807) is 0 Å². The number of rotatable bonds is 2. The summed E-state index contributed by atoms with van der Waals surface area (Å²) in [6, 6.07) is 14.2. The summed E-state index contributed by atoms with van der Waals surface area (Å²) < 4.78 is 0. The summed E-state index contributed by atoms with van der Waals surface area (Å²) in [5.74, 6) is 0.00343. The number of carbonyl (C=O) groups is 1. The van der Waals surface area contributed by atoms with Gasteiger partial charge in [-0.2, -0.15) is 0 Å². The highest BCUT2D eigenvalue weighted by atomic mass is 16.1. The van der Waals surface area contributed by atoms with Crippen LogP contribution in [0.5, 0.6) is 0 Å². The van der Waals surface area contributed by atoms with Gasteiger partial charge in [0.15, 0.2) is 0 Å². The number of hydrogen-bond donors (Lipinski definition) is 2. The van der Waals surface area contributed by atoms with Crippen LogP contribution in [0, 0.1) is 0 Å². The fourth-order valence-corrected chi connectivity index (χ4v) is 2.47. The molecule has 0 spiro atoms. The Morgan fingerprint density at radius 2 is 1.83 bits per heavy atom. The minimum atomic E-state index is 0.00343. The van der Waals surface area contributed by atoms with Gasteiger partial charge >= 0.3 is 0 Å². The van der Waals surface area contributed by atoms with Gasteiger partial charge in [-0.1, -0.05) is 36.4 Å². The maximum Gasteiger partial charge on any atom is 0.252 e. The minimum absolute atomic E-state index is 0.00343. The quantitative estimate of drug-likeness (QED) is 0.844. The van der Waals surface area contributed by atoms with Crippen molar-refractivity contribution in [1.29, 1.82) is 0 Å². The van der Waals surface area contributed by atoms with Crippen LogP contribution in [0.4, 0.5) is 0 Å². The molecule has 3 N–H and O–H groups in total. The summed E-state index contributed by atoms with van der Waals surface area (Å²) in [4.78, 5) is 12.2. The van der Waals surface area contributed by atoms with Gasteiger partial charge in [-0.25, -0.2) is 0 Å². The van der Waals surface area contributed by atoms with Gasteiger partial charge in [0.25, 0.3) is 5.91 Å². The van der Waals surface area contributed by atoms with E-state index in [2.05, 4.69) is 5.32 Å². The average Bonchev–Trinajstić information content (AvgIpc) is 2.36. The molecule has 18 heavy (non-hydrogen) atoms. The van der Waals surface area contributed by atoms with Crippen molar-refractivity contribution in [3.8, 4) is 0 Å². The molecule has 0 unspecified atom stereocenters. The Balaban J connectivity index is 1.87. The number of nitrogens with two attached hydrogens (primary N) is 1. The molecule has 0 aromatic heterocycles. The SMILES string of the molecule is NC1CC(NC(=O)c2cccc3ccccc23)C1. The lowest BCUT2D eigenvalue weighted by atomic mass is 9.87. The van der Waals surface area contributed by atoms with Crippen molar-refractivity contribution < 1.29 is 4.79 Å². The van der Waals surface area contributed by atoms with Crippen LogP contribution in [0.15, 0.2) is 42.5 Å². The molecule has 0 bridgehead atoms. The lowest BCUT2D eigenvalue weighted by molar-refractivity contribution is 0.0912. The van der Waals surface area contributed by atoms with E-state index in [0.717, 1.165) is 29.2 Å². The molecule has 1 fully saturated rings. The van der Waals surface area contributed by atoms with Crippen molar-refractivity contribution in [2.75, 3.05) is 0 Å². The molecule has 0 heterocycles. The molecule has 0 atom stereocenters. The normalized spacial score (nSPS) is 22.5. The first-order chi connectivity index (χ1) is 8.74. The number of fused-ring (bicyclic) bond motifs is 1. The van der Waals surface area contributed by atoms with Crippen LogP contribution < -0.4 is 11.1 Å². The fourth-order valence-electron chi connectivity index (χ4n) is 2.47. The zero-order valence-electron chi connectivity index (χ0n) is 10.1. The summed E-state index contributed by atoms with van der Waals surface area (Å²) in [7, 11) is 0. The summed E-state index contributed by atoms with van der Waals surface area (Å²) in [6.07, 6.45) is 1.77. The maximum absolute atomic E-state index is 12.2. The third-order valence-electron chi connectivity index (χ3n) is 3.54. The van der Waals surface area contributed by atoms with E-state index in [9.17, 15) is 4.79 Å². The zero-order chi connectivity index (χ0) is 12.5. The van der Waals surface area contributed by atoms with E-state index in [0.29, 0.717) is 0 Å². The van der Waals surface area contributed by atoms with E-state index < -0.39 is 0 Å². The predicted molar refractivity (Wildman–Crippen MR) is 72.4 cm³/mol. The number of carbonyl (C=O) groups excluding carboxylic acids is 1. The molecule has 3 heteroatoms. The van der Waals surface area contributed by atoms with E-state index in [1.807, 2.05) is 42.5 Å². The molecule has 0 aliphatic heterocycles. The second-order valence-electron chi connectivity index (χ2n) is 4.93. The van der Waals surface area contributed by atoms with E-state index in [-0.39, 0.29) is 18.0 Å². The lowest BCUT2D eigenvalue weighted by Gasteiger charge is -2.33. The summed E-state index contributed by atoms with van der Waals surface area (Å²) >= 11 is 0. The molecular weight excluding hydrogens is 224 g/mol. The van der Waals surface area contributed by atoms with Gasteiger partial charge in [0.2, 0.25) is 0 Å². The van der Waals surface area contributed by atoms with Crippen LogP contribution in [0.25, 0.3) is 10.8 Å². The van der Waals surface area contributed by atoms with E-state index >= 15 is 0 Å². The number of hydrogen-bond acceptors (Lipinski definition) is 2. The molecule has 3 nitrogen and oxygen atoms in total. The van der Waals surface area contributed by atoms with Gasteiger partial charge in [-0.05, 0) is 29.7 Å². The Kier molecular flexibility index (Phi) is 2.76. The molecule has 0 radical (unpaired) electrons. The smallest absolute Gasteiger partial charge is 0.252 e. The number of nitrogens with one attached hydrogen (secondary N) is 1. The summed E-state index contributed by atoms with van der Waals surface area (Å²) in [6.45, 7) is 0. The molecular formula is C15H16N2O. The first kappa shape index (κ1) is 11.2. The fraction of sp³-hybridized carbons (Fsp3) is 0.267. The second-order valence-corrected chi connectivity index (χ2v) is 4.93. The molecule has 1 saturated carbocycles. The Morgan fingerprint density at radius 1 is 1.11 bits per heavy atom. The largest absolute Gasteiger partial charge is 0.349 e. The van der Waals surface area contributed by atoms with Crippen molar-refractivity contribution in [1.82, 2.24) is 5.32 Å². The van der Waals surface area contributed by atoms with Crippen LogP contribution in [0.3, 0.4) is 0 Å². The third kappa shape index (κ3) is 1.97. The van der Waals surface area contributed by atoms with Gasteiger partial charge in [0.1, 0.15) is 0 Å². The van der Waals surface area contributed by atoms with Gasteiger partial charge in [-0.3, -0.25) is 4.79 Å². The molecule has 3 rings (SSSR count). The van der Waals surface area contributed by atoms with Gasteiger partial charge in [0, 0.05) is 17.6 Å². The summed E-state index contributed by atoms with van der Waals surface area (Å²) in [5.41, 5.74) is 6.47. The van der Waals surface area contributed by atoms with Crippen LogP contribution >= 0.6 is 0 Å². The van der Waals surface area contributed by atoms with Crippen molar-refractivity contribution in [3.63, 3.8) is 0 Å². The van der Waals surface area contributed by atoms with E-state index in [4.69, 9.17) is 5.73 Å². The first-order valence-corrected chi connectivity index (χ1v) is 6.28. The van der Waals surface area contributed by atoms with Crippen molar-refractivity contribution in [2.24, 2.45) is 5.73 Å². The number of benzene rings is 2. The molecule has 92 valence electrons. The van der Waals surface area contributed by atoms with Crippen molar-refractivity contribution in [2.45, 2.75) is 24.9 Å². The van der Waals surface area contributed by atoms with Gasteiger partial charge in [0.05, 0.1) is 0 Å². The van der Waals surface area contributed by atoms with Crippen LogP contribution in [-0.2, 0) is 0 Å². The first-order valence-electron chi connectivity index (χ1n) is 6.28. The minimum Gasteiger partial charge on any atom is -0.349 e. The van der Waals surface area contributed by atoms with Crippen molar-refractivity contribution >= 4 is 16.7 Å². The highest BCUT2D eigenvalue weighted by molar-refractivity contribution is 6.07. The standard InChI is InChI=1S/C15H16N2O/c16-11-8-12(9-11)17-15(18)14-7-3-5-10-4-1-2-6-13(10)14/h1-7,11-12H,8-9,16H2,(H,17,18). The molecule has 1 aliphatic carbocycles. The molecule has 1 amide bonds. The van der Waals surface area contributed by atoms with Crippen LogP contribution in [0.1, 0.15) is 23.2 Å². The predicted octanol–water partition coefficient (Wildman–Crippen LogP) is 2.06. The second kappa shape index (κ2) is 4.42. The Hall–Kier alpha value is -1.87. The molecule has 2 aromatic carbocycles. The molecule has 1 aliphatic rings. The van der Waals surface area contributed by atoms with E-state index in [1.165, 1.54) is 0 Å². The third-order valence-corrected chi connectivity index (χ3v) is 3.54.